The second-order valence-corrected chi connectivity index (χ2v) is 5.48. The Morgan fingerprint density at radius 1 is 1.53 bits per heavy atom. The maximum atomic E-state index is 12.2. The molecule has 0 bridgehead atoms. The van der Waals surface area contributed by atoms with E-state index in [4.69, 9.17) is 17.3 Å². The van der Waals surface area contributed by atoms with Crippen molar-refractivity contribution in [2.24, 2.45) is 11.7 Å². The number of nitrogens with two attached hydrogens (primary N) is 1. The lowest BCUT2D eigenvalue weighted by atomic mass is 10.0. The summed E-state index contributed by atoms with van der Waals surface area (Å²) in [5, 5.41) is 3.48. The van der Waals surface area contributed by atoms with Gasteiger partial charge in [-0.25, -0.2) is 4.79 Å². The Kier molecular flexibility index (Phi) is 4.66. The van der Waals surface area contributed by atoms with Gasteiger partial charge in [0.15, 0.2) is 0 Å². The summed E-state index contributed by atoms with van der Waals surface area (Å²) in [6, 6.07) is 7.30. The summed E-state index contributed by atoms with van der Waals surface area (Å²) in [4.78, 5) is 14.0. The van der Waals surface area contributed by atoms with Crippen LogP contribution >= 0.6 is 11.6 Å². The first kappa shape index (κ1) is 14.2. The molecular formula is C14H20ClN3O. The van der Waals surface area contributed by atoms with Gasteiger partial charge in [0.05, 0.1) is 0 Å². The third-order valence-electron chi connectivity index (χ3n) is 3.82. The van der Waals surface area contributed by atoms with Gasteiger partial charge in [-0.15, -0.1) is 0 Å². The van der Waals surface area contributed by atoms with E-state index in [1.165, 1.54) is 0 Å². The average molecular weight is 282 g/mol. The number of anilines is 1. The Morgan fingerprint density at radius 3 is 3.00 bits per heavy atom. The molecule has 104 valence electrons. The summed E-state index contributed by atoms with van der Waals surface area (Å²) >= 11 is 5.90. The Labute approximate surface area is 118 Å². The zero-order chi connectivity index (χ0) is 13.8. The van der Waals surface area contributed by atoms with Crippen molar-refractivity contribution in [1.29, 1.82) is 0 Å². The van der Waals surface area contributed by atoms with Crippen molar-refractivity contribution in [3.8, 4) is 0 Å². The summed E-state index contributed by atoms with van der Waals surface area (Å²) in [6.45, 7) is 0.638. The SMILES string of the molecule is CN(C(=O)Nc1cccc(Cl)c1)C1CCCC1CN. The van der Waals surface area contributed by atoms with Gasteiger partial charge in [0.1, 0.15) is 0 Å². The van der Waals surface area contributed by atoms with Crippen LogP contribution in [0, 0.1) is 5.92 Å². The molecule has 2 atom stereocenters. The molecule has 1 aromatic rings. The number of halogens is 1. The number of carbonyl (C=O) groups is 1. The van der Waals surface area contributed by atoms with Gasteiger partial charge < -0.3 is 16.0 Å². The standard InChI is InChI=1S/C14H20ClN3O/c1-18(13-7-2-4-10(13)9-16)14(19)17-12-6-3-5-11(15)8-12/h3,5-6,8,10,13H,2,4,7,9,16H2,1H3,(H,17,19). The van der Waals surface area contributed by atoms with E-state index in [1.54, 1.807) is 17.0 Å². The Morgan fingerprint density at radius 2 is 2.32 bits per heavy atom. The lowest BCUT2D eigenvalue weighted by Crippen LogP contribution is -2.43. The Hall–Kier alpha value is -1.26. The molecule has 0 spiro atoms. The van der Waals surface area contributed by atoms with Crippen LogP contribution in [-0.2, 0) is 0 Å². The summed E-state index contributed by atoms with van der Waals surface area (Å²) in [5.74, 6) is 0.412. The fourth-order valence-electron chi connectivity index (χ4n) is 2.73. The van der Waals surface area contributed by atoms with Crippen LogP contribution < -0.4 is 11.1 Å². The first-order valence-corrected chi connectivity index (χ1v) is 6.99. The molecule has 1 fully saturated rings. The topological polar surface area (TPSA) is 58.4 Å². The lowest BCUT2D eigenvalue weighted by molar-refractivity contribution is 0.190. The van der Waals surface area contributed by atoms with Gasteiger partial charge >= 0.3 is 6.03 Å². The fraction of sp³-hybridized carbons (Fsp3) is 0.500. The largest absolute Gasteiger partial charge is 0.330 e. The van der Waals surface area contributed by atoms with E-state index in [2.05, 4.69) is 5.32 Å². The van der Waals surface area contributed by atoms with Gasteiger partial charge in [0.2, 0.25) is 0 Å². The van der Waals surface area contributed by atoms with Gasteiger partial charge in [-0.2, -0.15) is 0 Å². The van der Waals surface area contributed by atoms with Gasteiger partial charge in [-0.1, -0.05) is 24.1 Å². The van der Waals surface area contributed by atoms with Crippen molar-refractivity contribution in [2.45, 2.75) is 25.3 Å². The van der Waals surface area contributed by atoms with Crippen LogP contribution in [0.3, 0.4) is 0 Å². The highest BCUT2D eigenvalue weighted by Gasteiger charge is 2.31. The smallest absolute Gasteiger partial charge is 0.321 e. The van der Waals surface area contributed by atoms with Gasteiger partial charge in [-0.05, 0) is 43.5 Å². The molecule has 1 aromatic carbocycles. The number of nitrogens with one attached hydrogen (secondary N) is 1. The number of benzene rings is 1. The lowest BCUT2D eigenvalue weighted by Gasteiger charge is -2.29. The van der Waals surface area contributed by atoms with Crippen molar-refractivity contribution in [2.75, 3.05) is 18.9 Å². The van der Waals surface area contributed by atoms with Crippen molar-refractivity contribution in [1.82, 2.24) is 4.90 Å². The average Bonchev–Trinajstić information content (AvgIpc) is 2.86. The normalized spacial score (nSPS) is 22.3. The summed E-state index contributed by atoms with van der Waals surface area (Å²) in [5.41, 5.74) is 6.47. The Balaban J connectivity index is 1.99. The first-order chi connectivity index (χ1) is 9.11. The zero-order valence-corrected chi connectivity index (χ0v) is 11.9. The molecule has 4 nitrogen and oxygen atoms in total. The van der Waals surface area contributed by atoms with E-state index in [1.807, 2.05) is 19.2 Å². The van der Waals surface area contributed by atoms with Gasteiger partial charge in [0, 0.05) is 23.8 Å². The van der Waals surface area contributed by atoms with E-state index in [-0.39, 0.29) is 12.1 Å². The van der Waals surface area contributed by atoms with Crippen LogP contribution in [-0.4, -0.2) is 30.6 Å². The minimum absolute atomic E-state index is 0.104. The molecule has 5 heteroatoms. The first-order valence-electron chi connectivity index (χ1n) is 6.61. The van der Waals surface area contributed by atoms with Crippen molar-refractivity contribution < 1.29 is 4.79 Å². The molecular weight excluding hydrogens is 262 g/mol. The number of carbonyl (C=O) groups excluding carboxylic acids is 1. The van der Waals surface area contributed by atoms with E-state index >= 15 is 0 Å². The molecule has 0 aliphatic heterocycles. The Bertz CT molecular complexity index is 452. The molecule has 1 saturated carbocycles. The number of rotatable bonds is 3. The minimum Gasteiger partial charge on any atom is -0.330 e. The quantitative estimate of drug-likeness (QED) is 0.895. The summed E-state index contributed by atoms with van der Waals surface area (Å²) in [7, 11) is 1.83. The van der Waals surface area contributed by atoms with Crippen molar-refractivity contribution in [3.05, 3.63) is 29.3 Å². The van der Waals surface area contributed by atoms with E-state index < -0.39 is 0 Å². The van der Waals surface area contributed by atoms with E-state index in [0.29, 0.717) is 23.2 Å². The molecule has 2 rings (SSSR count). The molecule has 0 aromatic heterocycles. The van der Waals surface area contributed by atoms with Crippen LogP contribution in [0.25, 0.3) is 0 Å². The predicted octanol–water partition coefficient (Wildman–Crippen LogP) is 2.93. The predicted molar refractivity (Wildman–Crippen MR) is 78.4 cm³/mol. The van der Waals surface area contributed by atoms with Crippen LogP contribution in [0.15, 0.2) is 24.3 Å². The minimum atomic E-state index is -0.104. The van der Waals surface area contributed by atoms with Crippen LogP contribution in [0.5, 0.6) is 0 Å². The number of amides is 2. The molecule has 0 radical (unpaired) electrons. The molecule has 19 heavy (non-hydrogen) atoms. The van der Waals surface area contributed by atoms with E-state index in [9.17, 15) is 4.79 Å². The zero-order valence-electron chi connectivity index (χ0n) is 11.1. The highest BCUT2D eigenvalue weighted by atomic mass is 35.5. The molecule has 3 N–H and O–H groups in total. The van der Waals surface area contributed by atoms with Crippen LogP contribution in [0.2, 0.25) is 5.02 Å². The number of nitrogens with zero attached hydrogens (tertiary/aromatic N) is 1. The second-order valence-electron chi connectivity index (χ2n) is 5.05. The van der Waals surface area contributed by atoms with Crippen LogP contribution in [0.1, 0.15) is 19.3 Å². The van der Waals surface area contributed by atoms with Gasteiger partial charge in [0.25, 0.3) is 0 Å². The maximum Gasteiger partial charge on any atom is 0.321 e. The highest BCUT2D eigenvalue weighted by molar-refractivity contribution is 6.30. The van der Waals surface area contributed by atoms with E-state index in [0.717, 1.165) is 19.3 Å². The highest BCUT2D eigenvalue weighted by Crippen LogP contribution is 2.29. The molecule has 0 heterocycles. The fourth-order valence-corrected chi connectivity index (χ4v) is 2.92. The monoisotopic (exact) mass is 281 g/mol. The molecule has 2 unspecified atom stereocenters. The number of hydrogen-bond acceptors (Lipinski definition) is 2. The second kappa shape index (κ2) is 6.26. The number of urea groups is 1. The third-order valence-corrected chi connectivity index (χ3v) is 4.05. The number of hydrogen-bond donors (Lipinski definition) is 2. The maximum absolute atomic E-state index is 12.2. The third kappa shape index (κ3) is 3.39. The molecule has 0 saturated heterocycles. The summed E-state index contributed by atoms with van der Waals surface area (Å²) in [6.07, 6.45) is 3.28. The molecule has 1 aliphatic rings. The van der Waals surface area contributed by atoms with Gasteiger partial charge in [-0.3, -0.25) is 0 Å². The summed E-state index contributed by atoms with van der Waals surface area (Å²) < 4.78 is 0. The van der Waals surface area contributed by atoms with Crippen molar-refractivity contribution in [3.63, 3.8) is 0 Å². The molecule has 1 aliphatic carbocycles. The molecule has 2 amide bonds. The van der Waals surface area contributed by atoms with Crippen molar-refractivity contribution >= 4 is 23.3 Å². The van der Waals surface area contributed by atoms with Crippen LogP contribution in [0.4, 0.5) is 10.5 Å².